The molecule has 1 saturated heterocycles. The number of ether oxygens (including phenoxy) is 4. The van der Waals surface area contributed by atoms with Crippen LogP contribution in [0.4, 0.5) is 0 Å². The lowest BCUT2D eigenvalue weighted by atomic mass is 10.1. The summed E-state index contributed by atoms with van der Waals surface area (Å²) in [5, 5.41) is 5.96. The summed E-state index contributed by atoms with van der Waals surface area (Å²) in [6, 6.07) is 23.3. The Labute approximate surface area is 271 Å². The molecule has 9 rings (SSSR count). The fourth-order valence-electron chi connectivity index (χ4n) is 5.37. The van der Waals surface area contributed by atoms with Crippen LogP contribution in [0.1, 0.15) is 43.0 Å². The number of nitrogens with zero attached hydrogens (tertiary/aromatic N) is 2. The number of benzene rings is 3. The molecular formula is C36H46N4O6. The van der Waals surface area contributed by atoms with Crippen molar-refractivity contribution >= 4 is 11.8 Å². The molecule has 3 aromatic rings. The highest BCUT2D eigenvalue weighted by molar-refractivity contribution is 5.99. The fourth-order valence-corrected chi connectivity index (χ4v) is 5.37. The van der Waals surface area contributed by atoms with Crippen LogP contribution in [-0.2, 0) is 45.1 Å². The first-order valence-electron chi connectivity index (χ1n) is 16.2. The molecule has 6 aliphatic rings. The molecule has 6 aliphatic heterocycles. The predicted octanol–water partition coefficient (Wildman–Crippen LogP) is 3.24. The van der Waals surface area contributed by atoms with E-state index in [-0.39, 0.29) is 11.8 Å². The van der Waals surface area contributed by atoms with Gasteiger partial charge in [0.15, 0.2) is 0 Å². The van der Waals surface area contributed by atoms with Crippen molar-refractivity contribution in [3.63, 3.8) is 0 Å². The molecule has 246 valence electrons. The minimum atomic E-state index is -0.224. The lowest BCUT2D eigenvalue weighted by Gasteiger charge is -2.24. The van der Waals surface area contributed by atoms with Crippen LogP contribution in [0.5, 0.6) is 0 Å². The van der Waals surface area contributed by atoms with Crippen LogP contribution in [0.3, 0.4) is 0 Å². The molecule has 46 heavy (non-hydrogen) atoms. The molecule has 1 fully saturated rings. The molecular weight excluding hydrogens is 584 g/mol. The Kier molecular flexibility index (Phi) is 13.6. The second-order valence-corrected chi connectivity index (χ2v) is 11.6. The van der Waals surface area contributed by atoms with Gasteiger partial charge in [-0.1, -0.05) is 54.6 Å². The molecule has 0 spiro atoms. The van der Waals surface area contributed by atoms with Gasteiger partial charge in [0.2, 0.25) is 0 Å². The van der Waals surface area contributed by atoms with Crippen molar-refractivity contribution in [1.29, 1.82) is 0 Å². The van der Waals surface area contributed by atoms with Crippen LogP contribution in [0.25, 0.3) is 0 Å². The van der Waals surface area contributed by atoms with Crippen molar-refractivity contribution in [3.8, 4) is 0 Å². The van der Waals surface area contributed by atoms with E-state index >= 15 is 0 Å². The maximum atomic E-state index is 12.9. The number of hydrogen-bond acceptors (Lipinski definition) is 8. The maximum Gasteiger partial charge on any atom is 0.251 e. The first kappa shape index (κ1) is 33.7. The van der Waals surface area contributed by atoms with Crippen LogP contribution in [0.2, 0.25) is 0 Å². The van der Waals surface area contributed by atoms with Gasteiger partial charge in [0.25, 0.3) is 11.8 Å². The summed E-state index contributed by atoms with van der Waals surface area (Å²) in [6.07, 6.45) is 0. The van der Waals surface area contributed by atoms with Crippen molar-refractivity contribution in [2.45, 2.75) is 26.2 Å². The second-order valence-electron chi connectivity index (χ2n) is 11.6. The molecule has 0 radical (unpaired) electrons. The Balaban J connectivity index is 1.32. The van der Waals surface area contributed by atoms with E-state index in [0.29, 0.717) is 77.1 Å². The Hall–Kier alpha value is -3.64. The van der Waals surface area contributed by atoms with Gasteiger partial charge >= 0.3 is 0 Å². The number of amides is 2. The molecule has 10 heteroatoms. The van der Waals surface area contributed by atoms with Gasteiger partial charge in [-0.15, -0.1) is 0 Å². The van der Waals surface area contributed by atoms with E-state index in [9.17, 15) is 9.59 Å². The third kappa shape index (κ3) is 11.3. The van der Waals surface area contributed by atoms with E-state index < -0.39 is 0 Å². The number of hydrogen-bond donors (Lipinski definition) is 2. The average molecular weight is 631 g/mol. The second kappa shape index (κ2) is 18.5. The van der Waals surface area contributed by atoms with Gasteiger partial charge in [0, 0.05) is 63.5 Å². The van der Waals surface area contributed by atoms with E-state index in [2.05, 4.69) is 44.7 Å². The molecule has 8 bridgehead atoms. The van der Waals surface area contributed by atoms with Crippen LogP contribution in [-0.4, -0.2) is 101 Å². The Morgan fingerprint density at radius 3 is 1.17 bits per heavy atom. The van der Waals surface area contributed by atoms with Gasteiger partial charge in [-0.2, -0.15) is 0 Å². The van der Waals surface area contributed by atoms with Crippen molar-refractivity contribution in [2.75, 3.05) is 79.0 Å². The van der Waals surface area contributed by atoms with Gasteiger partial charge in [-0.3, -0.25) is 19.4 Å². The number of carbonyl (C=O) groups is 2. The topological polar surface area (TPSA) is 102 Å². The third-order valence-corrected chi connectivity index (χ3v) is 8.10. The third-order valence-electron chi connectivity index (χ3n) is 8.10. The number of fused-ring (bicyclic) bond motifs is 7. The van der Waals surface area contributed by atoms with Crippen molar-refractivity contribution in [2.24, 2.45) is 0 Å². The highest BCUT2D eigenvalue weighted by Crippen LogP contribution is 2.12. The van der Waals surface area contributed by atoms with Gasteiger partial charge in [0.1, 0.15) is 0 Å². The molecule has 3 aromatic carbocycles. The van der Waals surface area contributed by atoms with E-state index in [0.717, 1.165) is 50.4 Å². The van der Waals surface area contributed by atoms with Gasteiger partial charge in [-0.25, -0.2) is 0 Å². The smallest absolute Gasteiger partial charge is 0.251 e. The predicted molar refractivity (Wildman–Crippen MR) is 175 cm³/mol. The number of carbonyl (C=O) groups excluding carboxylic acids is 2. The zero-order chi connectivity index (χ0) is 31.8. The lowest BCUT2D eigenvalue weighted by Crippen LogP contribution is -2.32. The molecule has 2 amide bonds. The summed E-state index contributed by atoms with van der Waals surface area (Å²) in [7, 11) is 0. The van der Waals surface area contributed by atoms with Crippen LogP contribution < -0.4 is 10.6 Å². The first-order chi connectivity index (χ1) is 22.6. The van der Waals surface area contributed by atoms with Crippen molar-refractivity contribution in [1.82, 2.24) is 20.4 Å². The zero-order valence-corrected chi connectivity index (χ0v) is 26.6. The van der Waals surface area contributed by atoms with E-state index in [1.165, 1.54) is 11.1 Å². The van der Waals surface area contributed by atoms with E-state index in [1.807, 2.05) is 24.3 Å². The standard InChI is InChI=1S/C36H46N4O6/c41-35-33-2-1-3-34(24-33)36(42)38-26-30-6-10-32(11-7-30)28-40-14-18-45-22-20-43-16-12-39(13-17-44-21-23-46-19-15-40)27-31-8-4-29(5-9-31)25-37-35/h1-11,24H,12-23,25-28H2,(H,37,41)(H,38,42). The Morgan fingerprint density at radius 2 is 0.804 bits per heavy atom. The van der Waals surface area contributed by atoms with Crippen LogP contribution >= 0.6 is 0 Å². The SMILES string of the molecule is O=C1NCc2ccc(cc2)CN2CCOCCOCCN(CCOCCOCC2)Cc2ccc(cc2)CNC(=O)c2cccc1c2. The summed E-state index contributed by atoms with van der Waals surface area (Å²) in [5.41, 5.74) is 5.23. The van der Waals surface area contributed by atoms with E-state index in [1.54, 1.807) is 24.3 Å². The first-order valence-corrected chi connectivity index (χ1v) is 16.2. The molecule has 0 atom stereocenters. The lowest BCUT2D eigenvalue weighted by molar-refractivity contribution is 0.00624. The summed E-state index contributed by atoms with van der Waals surface area (Å²) in [4.78, 5) is 30.5. The molecule has 0 unspecified atom stereocenters. The molecule has 0 aliphatic carbocycles. The number of nitrogens with one attached hydrogen (secondary N) is 2. The van der Waals surface area contributed by atoms with Crippen LogP contribution in [0.15, 0.2) is 72.8 Å². The normalized spacial score (nSPS) is 21.9. The highest BCUT2D eigenvalue weighted by atomic mass is 16.5. The van der Waals surface area contributed by atoms with Crippen molar-refractivity contribution in [3.05, 3.63) is 106 Å². The monoisotopic (exact) mass is 630 g/mol. The molecule has 2 N–H and O–H groups in total. The summed E-state index contributed by atoms with van der Waals surface area (Å²) in [5.74, 6) is -0.448. The molecule has 0 aromatic heterocycles. The number of rotatable bonds is 0. The van der Waals surface area contributed by atoms with Gasteiger partial charge < -0.3 is 29.6 Å². The van der Waals surface area contributed by atoms with E-state index in [4.69, 9.17) is 18.9 Å². The molecule has 6 heterocycles. The van der Waals surface area contributed by atoms with Gasteiger partial charge in [0.05, 0.1) is 52.9 Å². The maximum absolute atomic E-state index is 12.9. The minimum absolute atomic E-state index is 0.224. The fraction of sp³-hybridized carbons (Fsp3) is 0.444. The zero-order valence-electron chi connectivity index (χ0n) is 26.6. The summed E-state index contributed by atoms with van der Waals surface area (Å²) < 4.78 is 23.7. The minimum Gasteiger partial charge on any atom is -0.378 e. The highest BCUT2D eigenvalue weighted by Gasteiger charge is 2.13. The molecule has 10 nitrogen and oxygen atoms in total. The Morgan fingerprint density at radius 1 is 0.457 bits per heavy atom. The summed E-state index contributed by atoms with van der Waals surface area (Å²) in [6.45, 7) is 10.1. The van der Waals surface area contributed by atoms with Crippen LogP contribution in [0, 0.1) is 0 Å². The largest absolute Gasteiger partial charge is 0.378 e. The van der Waals surface area contributed by atoms with Gasteiger partial charge in [-0.05, 0) is 40.5 Å². The quantitative estimate of drug-likeness (QED) is 0.391. The summed E-state index contributed by atoms with van der Waals surface area (Å²) >= 11 is 0. The Bertz CT molecular complexity index is 1250. The molecule has 0 saturated carbocycles. The van der Waals surface area contributed by atoms with Crippen molar-refractivity contribution < 1.29 is 28.5 Å². The average Bonchev–Trinajstić information content (AvgIpc) is 3.08.